The van der Waals surface area contributed by atoms with Crippen LogP contribution in [0.5, 0.6) is 0 Å². The zero-order chi connectivity index (χ0) is 20.5. The average molecular weight is 414 g/mol. The van der Waals surface area contributed by atoms with E-state index in [0.29, 0.717) is 60.7 Å². The van der Waals surface area contributed by atoms with Crippen molar-refractivity contribution in [1.82, 2.24) is 19.9 Å². The first kappa shape index (κ1) is 19.4. The van der Waals surface area contributed by atoms with Crippen molar-refractivity contribution >= 4 is 34.4 Å². The third-order valence-corrected chi connectivity index (χ3v) is 6.08. The van der Waals surface area contributed by atoms with Gasteiger partial charge in [-0.15, -0.1) is 11.3 Å². The van der Waals surface area contributed by atoms with E-state index in [4.69, 9.17) is 9.26 Å². The summed E-state index contributed by atoms with van der Waals surface area (Å²) < 4.78 is 10.2. The minimum Gasteiger partial charge on any atom is -0.453 e. The lowest BCUT2D eigenvalue weighted by molar-refractivity contribution is 0.0759. The summed E-state index contributed by atoms with van der Waals surface area (Å²) in [5, 5.41) is 4.65. The molecule has 0 atom stereocenters. The van der Waals surface area contributed by atoms with E-state index in [0.717, 1.165) is 4.88 Å². The van der Waals surface area contributed by atoms with Gasteiger partial charge in [0.05, 0.1) is 34.3 Å². The molecule has 3 aromatic rings. The molecule has 1 aliphatic rings. The van der Waals surface area contributed by atoms with Crippen molar-refractivity contribution in [3.05, 3.63) is 34.3 Å². The Labute approximate surface area is 172 Å². The predicted molar refractivity (Wildman–Crippen MR) is 109 cm³/mol. The van der Waals surface area contributed by atoms with Gasteiger partial charge in [-0.05, 0) is 38.5 Å². The Bertz CT molecular complexity index is 1070. The maximum absolute atomic E-state index is 13.4. The molecule has 29 heavy (non-hydrogen) atoms. The second kappa shape index (κ2) is 7.82. The molecule has 1 fully saturated rings. The summed E-state index contributed by atoms with van der Waals surface area (Å²) in [6.07, 6.45) is 0.324. The lowest BCUT2D eigenvalue weighted by atomic mass is 10.1. The molecule has 0 N–H and O–H groups in total. The molecule has 2 amide bonds. The van der Waals surface area contributed by atoms with Gasteiger partial charge < -0.3 is 19.1 Å². The Morgan fingerprint density at radius 1 is 1.14 bits per heavy atom. The fourth-order valence-electron chi connectivity index (χ4n) is 3.56. The van der Waals surface area contributed by atoms with Gasteiger partial charge in [0.15, 0.2) is 0 Å². The SMILES string of the molecule is COC(=O)N1CCCN(C(=O)c2cc(-c3ccc(C)s3)nc3onc(C)c23)CC1. The van der Waals surface area contributed by atoms with Crippen molar-refractivity contribution in [2.45, 2.75) is 20.3 Å². The van der Waals surface area contributed by atoms with Gasteiger partial charge in [0.1, 0.15) is 0 Å². The number of carbonyl (C=O) groups is 2. The summed E-state index contributed by atoms with van der Waals surface area (Å²) in [5.74, 6) is -0.107. The van der Waals surface area contributed by atoms with Crippen LogP contribution in [0.15, 0.2) is 22.7 Å². The van der Waals surface area contributed by atoms with Crippen LogP contribution in [0.3, 0.4) is 0 Å². The van der Waals surface area contributed by atoms with Crippen molar-refractivity contribution in [3.63, 3.8) is 0 Å². The number of amides is 2. The van der Waals surface area contributed by atoms with Crippen LogP contribution in [0.4, 0.5) is 4.79 Å². The number of pyridine rings is 1. The van der Waals surface area contributed by atoms with Crippen LogP contribution in [0.2, 0.25) is 0 Å². The number of hydrogen-bond donors (Lipinski definition) is 0. The molecule has 1 aliphatic heterocycles. The van der Waals surface area contributed by atoms with Crippen molar-refractivity contribution in [2.24, 2.45) is 0 Å². The van der Waals surface area contributed by atoms with Gasteiger partial charge in [-0.2, -0.15) is 0 Å². The summed E-state index contributed by atoms with van der Waals surface area (Å²) in [5.41, 5.74) is 2.22. The van der Waals surface area contributed by atoms with Gasteiger partial charge in [0.25, 0.3) is 11.6 Å². The number of rotatable bonds is 2. The summed E-state index contributed by atoms with van der Waals surface area (Å²) in [6.45, 7) is 5.84. The van der Waals surface area contributed by atoms with Gasteiger partial charge in [-0.3, -0.25) is 4.79 Å². The second-order valence-electron chi connectivity index (χ2n) is 7.02. The fraction of sp³-hybridized carbons (Fsp3) is 0.400. The Balaban J connectivity index is 1.69. The van der Waals surface area contributed by atoms with Gasteiger partial charge >= 0.3 is 6.09 Å². The Kier molecular flexibility index (Phi) is 5.23. The van der Waals surface area contributed by atoms with Crippen LogP contribution in [0.25, 0.3) is 21.7 Å². The molecule has 0 radical (unpaired) electrons. The lowest BCUT2D eigenvalue weighted by Gasteiger charge is -2.22. The molecule has 0 saturated carbocycles. The summed E-state index contributed by atoms with van der Waals surface area (Å²) in [4.78, 5) is 35.4. The summed E-state index contributed by atoms with van der Waals surface area (Å²) in [7, 11) is 1.37. The first-order chi connectivity index (χ1) is 14.0. The van der Waals surface area contributed by atoms with Crippen molar-refractivity contribution in [2.75, 3.05) is 33.3 Å². The number of ether oxygens (including phenoxy) is 1. The first-order valence-corrected chi connectivity index (χ1v) is 10.3. The number of aryl methyl sites for hydroxylation is 2. The molecule has 4 heterocycles. The Morgan fingerprint density at radius 3 is 2.62 bits per heavy atom. The summed E-state index contributed by atoms with van der Waals surface area (Å²) in [6, 6.07) is 5.84. The zero-order valence-corrected chi connectivity index (χ0v) is 17.4. The highest BCUT2D eigenvalue weighted by Gasteiger charge is 2.27. The van der Waals surface area contributed by atoms with E-state index in [1.165, 1.54) is 12.0 Å². The van der Waals surface area contributed by atoms with Gasteiger partial charge in [0, 0.05) is 31.1 Å². The minimum atomic E-state index is -0.365. The van der Waals surface area contributed by atoms with Gasteiger partial charge in [0.2, 0.25) is 0 Å². The maximum Gasteiger partial charge on any atom is 0.409 e. The number of hydrogen-bond acceptors (Lipinski definition) is 7. The van der Waals surface area contributed by atoms with E-state index in [-0.39, 0.29) is 12.0 Å². The molecule has 1 saturated heterocycles. The summed E-state index contributed by atoms with van der Waals surface area (Å²) >= 11 is 1.61. The number of carbonyl (C=O) groups excluding carboxylic acids is 2. The van der Waals surface area contributed by atoms with E-state index in [1.807, 2.05) is 25.1 Å². The third kappa shape index (κ3) is 3.69. The second-order valence-corrected chi connectivity index (χ2v) is 8.30. The number of nitrogens with zero attached hydrogens (tertiary/aromatic N) is 4. The van der Waals surface area contributed by atoms with Gasteiger partial charge in [-0.25, -0.2) is 9.78 Å². The number of aromatic nitrogens is 2. The molecule has 0 unspecified atom stereocenters. The number of fused-ring (bicyclic) bond motifs is 1. The average Bonchev–Trinajstić information content (AvgIpc) is 3.23. The molecule has 0 spiro atoms. The van der Waals surface area contributed by atoms with E-state index in [1.54, 1.807) is 28.1 Å². The van der Waals surface area contributed by atoms with Crippen LogP contribution in [0, 0.1) is 13.8 Å². The lowest BCUT2D eigenvalue weighted by Crippen LogP contribution is -2.37. The smallest absolute Gasteiger partial charge is 0.409 e. The topological polar surface area (TPSA) is 88.8 Å². The van der Waals surface area contributed by atoms with Crippen LogP contribution in [-0.2, 0) is 4.74 Å². The highest BCUT2D eigenvalue weighted by atomic mass is 32.1. The molecule has 152 valence electrons. The largest absolute Gasteiger partial charge is 0.453 e. The predicted octanol–water partition coefficient (Wildman–Crippen LogP) is 3.48. The minimum absolute atomic E-state index is 0.107. The quantitative estimate of drug-likeness (QED) is 0.638. The van der Waals surface area contributed by atoms with Crippen LogP contribution in [-0.4, -0.2) is 65.2 Å². The zero-order valence-electron chi connectivity index (χ0n) is 16.6. The number of thiophene rings is 1. The van der Waals surface area contributed by atoms with Crippen molar-refractivity contribution < 1.29 is 18.8 Å². The van der Waals surface area contributed by atoms with Gasteiger partial charge in [-0.1, -0.05) is 5.16 Å². The fourth-order valence-corrected chi connectivity index (χ4v) is 4.39. The highest BCUT2D eigenvalue weighted by Crippen LogP contribution is 2.31. The normalized spacial score (nSPS) is 14.9. The molecular weight excluding hydrogens is 392 g/mol. The molecule has 9 heteroatoms. The highest BCUT2D eigenvalue weighted by molar-refractivity contribution is 7.15. The molecule has 4 rings (SSSR count). The van der Waals surface area contributed by atoms with E-state index in [9.17, 15) is 9.59 Å². The molecule has 3 aromatic heterocycles. The van der Waals surface area contributed by atoms with Crippen LogP contribution < -0.4 is 0 Å². The Hall–Kier alpha value is -2.94. The monoisotopic (exact) mass is 414 g/mol. The number of methoxy groups -OCH3 is 1. The van der Waals surface area contributed by atoms with E-state index < -0.39 is 0 Å². The first-order valence-electron chi connectivity index (χ1n) is 9.44. The molecule has 8 nitrogen and oxygen atoms in total. The maximum atomic E-state index is 13.4. The molecule has 0 aliphatic carbocycles. The van der Waals surface area contributed by atoms with Crippen molar-refractivity contribution in [3.8, 4) is 10.6 Å². The molecule has 0 bridgehead atoms. The van der Waals surface area contributed by atoms with Crippen LogP contribution in [0.1, 0.15) is 27.3 Å². The van der Waals surface area contributed by atoms with Crippen LogP contribution >= 0.6 is 11.3 Å². The third-order valence-electron chi connectivity index (χ3n) is 5.06. The van der Waals surface area contributed by atoms with Crippen molar-refractivity contribution in [1.29, 1.82) is 0 Å². The van der Waals surface area contributed by atoms with E-state index >= 15 is 0 Å². The Morgan fingerprint density at radius 2 is 1.90 bits per heavy atom. The standard InChI is InChI=1S/C20H22N4O4S/c1-12-5-6-16(29-12)15-11-14(17-13(2)22-28-18(17)21-15)19(25)23-7-4-8-24(10-9-23)20(26)27-3/h5-6,11H,4,7-10H2,1-3H3. The molecule has 0 aromatic carbocycles. The molecular formula is C20H22N4O4S. The van der Waals surface area contributed by atoms with E-state index in [2.05, 4.69) is 10.1 Å².